The van der Waals surface area contributed by atoms with Crippen molar-refractivity contribution in [3.05, 3.63) is 70.4 Å². The molecule has 0 spiro atoms. The summed E-state index contributed by atoms with van der Waals surface area (Å²) in [5, 5.41) is 12.0. The second kappa shape index (κ2) is 7.43. The number of nitrogens with zero attached hydrogens (tertiary/aromatic N) is 5. The summed E-state index contributed by atoms with van der Waals surface area (Å²) in [6, 6.07) is 12.7. The van der Waals surface area contributed by atoms with Gasteiger partial charge in [-0.3, -0.25) is 4.90 Å². The Balaban J connectivity index is 1.39. The number of rotatable bonds is 4. The van der Waals surface area contributed by atoms with E-state index in [0.29, 0.717) is 6.61 Å². The van der Waals surface area contributed by atoms with E-state index in [-0.39, 0.29) is 6.10 Å². The monoisotopic (exact) mass is 391 g/mol. The second-order valence-electron chi connectivity index (χ2n) is 7.11. The van der Waals surface area contributed by atoms with E-state index in [4.69, 9.17) is 4.74 Å². The molecule has 0 unspecified atom stereocenters. The lowest BCUT2D eigenvalue weighted by molar-refractivity contribution is -0.0343. The zero-order chi connectivity index (χ0) is 18.9. The fourth-order valence-corrected chi connectivity index (χ4v) is 4.25. The van der Waals surface area contributed by atoms with Crippen molar-refractivity contribution in [2.45, 2.75) is 19.6 Å². The van der Waals surface area contributed by atoms with Crippen LogP contribution in [0.5, 0.6) is 0 Å². The van der Waals surface area contributed by atoms with Crippen LogP contribution in [-0.4, -0.2) is 44.4 Å². The summed E-state index contributed by atoms with van der Waals surface area (Å²) in [6.45, 7) is 5.35. The predicted molar refractivity (Wildman–Crippen MR) is 109 cm³/mol. The van der Waals surface area contributed by atoms with Crippen molar-refractivity contribution in [3.8, 4) is 11.1 Å². The van der Waals surface area contributed by atoms with Crippen molar-refractivity contribution in [2.75, 3.05) is 19.7 Å². The Bertz CT molecular complexity index is 1070. The van der Waals surface area contributed by atoms with Gasteiger partial charge >= 0.3 is 0 Å². The molecule has 1 fully saturated rings. The zero-order valence-electron chi connectivity index (χ0n) is 15.7. The summed E-state index contributed by atoms with van der Waals surface area (Å²) in [5.41, 5.74) is 5.45. The molecule has 1 atom stereocenters. The number of benzene rings is 1. The van der Waals surface area contributed by atoms with E-state index >= 15 is 0 Å². The first-order valence-corrected chi connectivity index (χ1v) is 10.3. The fourth-order valence-electron chi connectivity index (χ4n) is 3.59. The first kappa shape index (κ1) is 17.5. The number of morpholine rings is 1. The number of hydrogen-bond donors (Lipinski definition) is 0. The molecule has 0 amide bonds. The number of hydrogen-bond acceptors (Lipinski definition) is 6. The van der Waals surface area contributed by atoms with Crippen LogP contribution in [0.1, 0.15) is 22.4 Å². The van der Waals surface area contributed by atoms with E-state index in [1.165, 1.54) is 11.1 Å². The summed E-state index contributed by atoms with van der Waals surface area (Å²) < 4.78 is 7.89. The molecule has 0 aliphatic carbocycles. The highest BCUT2D eigenvalue weighted by Gasteiger charge is 2.26. The summed E-state index contributed by atoms with van der Waals surface area (Å²) in [6.07, 6.45) is 3.82. The van der Waals surface area contributed by atoms with Gasteiger partial charge in [-0.05, 0) is 18.6 Å². The molecule has 3 aromatic heterocycles. The third kappa shape index (κ3) is 3.44. The number of fused-ring (bicyclic) bond motifs is 1. The van der Waals surface area contributed by atoms with Gasteiger partial charge in [0.15, 0.2) is 0 Å². The van der Waals surface area contributed by atoms with Gasteiger partial charge in [0.05, 0.1) is 18.7 Å². The number of pyridine rings is 1. The fraction of sp³-hybridized carbons (Fsp3) is 0.286. The van der Waals surface area contributed by atoms with Gasteiger partial charge in [-0.1, -0.05) is 41.1 Å². The van der Waals surface area contributed by atoms with Crippen LogP contribution in [0.15, 0.2) is 54.2 Å². The molecule has 4 heterocycles. The van der Waals surface area contributed by atoms with Crippen molar-refractivity contribution in [1.29, 1.82) is 0 Å². The van der Waals surface area contributed by atoms with E-state index in [1.807, 2.05) is 22.3 Å². The molecule has 0 radical (unpaired) electrons. The Morgan fingerprint density at radius 2 is 2.00 bits per heavy atom. The summed E-state index contributed by atoms with van der Waals surface area (Å²) >= 11 is 1.69. The van der Waals surface area contributed by atoms with Gasteiger partial charge in [0.2, 0.25) is 0 Å². The SMILES string of the molecule is Cc1ccc(-c2ccc3c([C@H]4CN(Cc5nccs5)CCO4)nnn3c2)cc1. The predicted octanol–water partition coefficient (Wildman–Crippen LogP) is 3.73. The van der Waals surface area contributed by atoms with Crippen LogP contribution in [0, 0.1) is 6.92 Å². The average Bonchev–Trinajstić information content (AvgIpc) is 3.38. The highest BCUT2D eigenvalue weighted by molar-refractivity contribution is 7.09. The maximum absolute atomic E-state index is 6.03. The van der Waals surface area contributed by atoms with E-state index in [2.05, 4.69) is 63.5 Å². The minimum Gasteiger partial charge on any atom is -0.369 e. The van der Waals surface area contributed by atoms with Gasteiger partial charge in [0, 0.05) is 36.4 Å². The lowest BCUT2D eigenvalue weighted by atomic mass is 10.1. The first-order chi connectivity index (χ1) is 13.8. The second-order valence-corrected chi connectivity index (χ2v) is 8.09. The number of ether oxygens (including phenoxy) is 1. The van der Waals surface area contributed by atoms with E-state index in [9.17, 15) is 0 Å². The number of aryl methyl sites for hydroxylation is 1. The van der Waals surface area contributed by atoms with Gasteiger partial charge in [0.1, 0.15) is 16.8 Å². The maximum Gasteiger partial charge on any atom is 0.121 e. The Morgan fingerprint density at radius 1 is 1.14 bits per heavy atom. The van der Waals surface area contributed by atoms with E-state index in [1.54, 1.807) is 11.3 Å². The molecule has 1 aliphatic rings. The Kier molecular flexibility index (Phi) is 4.64. The van der Waals surface area contributed by atoms with Gasteiger partial charge in [-0.25, -0.2) is 9.50 Å². The minimum absolute atomic E-state index is 0.0727. The number of thiazole rings is 1. The van der Waals surface area contributed by atoms with Gasteiger partial charge in [-0.15, -0.1) is 16.4 Å². The third-order valence-electron chi connectivity index (χ3n) is 5.12. The van der Waals surface area contributed by atoms with Crippen molar-refractivity contribution < 1.29 is 4.74 Å². The highest BCUT2D eigenvalue weighted by Crippen LogP contribution is 2.27. The highest BCUT2D eigenvalue weighted by atomic mass is 32.1. The van der Waals surface area contributed by atoms with Crippen LogP contribution in [0.3, 0.4) is 0 Å². The molecule has 5 rings (SSSR count). The summed E-state index contributed by atoms with van der Waals surface area (Å²) in [4.78, 5) is 6.77. The maximum atomic E-state index is 6.03. The molecule has 28 heavy (non-hydrogen) atoms. The molecule has 0 N–H and O–H groups in total. The number of aromatic nitrogens is 4. The molecule has 7 heteroatoms. The van der Waals surface area contributed by atoms with Crippen LogP contribution < -0.4 is 0 Å². The van der Waals surface area contributed by atoms with Crippen molar-refractivity contribution in [1.82, 2.24) is 24.7 Å². The molecule has 1 aromatic carbocycles. The van der Waals surface area contributed by atoms with Crippen molar-refractivity contribution >= 4 is 16.9 Å². The van der Waals surface area contributed by atoms with Crippen LogP contribution >= 0.6 is 11.3 Å². The van der Waals surface area contributed by atoms with Crippen LogP contribution in [-0.2, 0) is 11.3 Å². The van der Waals surface area contributed by atoms with Crippen LogP contribution in [0.2, 0.25) is 0 Å². The Morgan fingerprint density at radius 3 is 2.82 bits per heavy atom. The molecular formula is C21H21N5OS. The molecule has 0 saturated carbocycles. The largest absolute Gasteiger partial charge is 0.369 e. The molecular weight excluding hydrogens is 370 g/mol. The van der Waals surface area contributed by atoms with Crippen molar-refractivity contribution in [3.63, 3.8) is 0 Å². The lowest BCUT2D eigenvalue weighted by Gasteiger charge is -2.31. The van der Waals surface area contributed by atoms with Crippen LogP contribution in [0.25, 0.3) is 16.6 Å². The third-order valence-corrected chi connectivity index (χ3v) is 5.89. The van der Waals surface area contributed by atoms with Gasteiger partial charge < -0.3 is 4.74 Å². The molecule has 0 bridgehead atoms. The zero-order valence-corrected chi connectivity index (χ0v) is 16.5. The van der Waals surface area contributed by atoms with Gasteiger partial charge in [-0.2, -0.15) is 0 Å². The Hall–Kier alpha value is -2.61. The average molecular weight is 392 g/mol. The minimum atomic E-state index is -0.0727. The molecule has 1 saturated heterocycles. The standard InChI is InChI=1S/C21H21N5OS/c1-15-2-4-16(5-3-15)17-6-7-18-21(23-24-26(18)12-17)19-13-25(9-10-27-19)14-20-22-8-11-28-20/h2-8,11-12,19H,9-10,13-14H2,1H3/t19-/m1/s1. The van der Waals surface area contributed by atoms with Crippen LogP contribution in [0.4, 0.5) is 0 Å². The molecule has 6 nitrogen and oxygen atoms in total. The quantitative estimate of drug-likeness (QED) is 0.530. The summed E-state index contributed by atoms with van der Waals surface area (Å²) in [5.74, 6) is 0. The van der Waals surface area contributed by atoms with E-state index in [0.717, 1.165) is 41.4 Å². The smallest absolute Gasteiger partial charge is 0.121 e. The first-order valence-electron chi connectivity index (χ1n) is 9.40. The van der Waals surface area contributed by atoms with Crippen molar-refractivity contribution in [2.24, 2.45) is 0 Å². The molecule has 1 aliphatic heterocycles. The van der Waals surface area contributed by atoms with Gasteiger partial charge in [0.25, 0.3) is 0 Å². The topological polar surface area (TPSA) is 55.5 Å². The Labute approximate surface area is 167 Å². The lowest BCUT2D eigenvalue weighted by Crippen LogP contribution is -2.38. The molecule has 142 valence electrons. The summed E-state index contributed by atoms with van der Waals surface area (Å²) in [7, 11) is 0. The molecule has 4 aromatic rings. The normalized spacial score (nSPS) is 18.0. The van der Waals surface area contributed by atoms with E-state index < -0.39 is 0 Å².